The molecule has 0 saturated carbocycles. The molecule has 3 aromatic rings. The predicted octanol–water partition coefficient (Wildman–Crippen LogP) is 2.96. The Labute approximate surface area is 177 Å². The molecule has 0 bridgehead atoms. The Balaban J connectivity index is 1.58. The van der Waals surface area contributed by atoms with Crippen molar-refractivity contribution in [2.24, 2.45) is 0 Å². The normalized spacial score (nSPS) is 14.9. The van der Waals surface area contributed by atoms with Crippen LogP contribution in [0.1, 0.15) is 33.3 Å². The number of hydrogen-bond acceptors (Lipinski definition) is 6. The van der Waals surface area contributed by atoms with Crippen molar-refractivity contribution in [3.8, 4) is 5.69 Å². The number of carbonyl (C=O) groups is 3. The van der Waals surface area contributed by atoms with E-state index in [-0.39, 0.29) is 18.0 Å². The van der Waals surface area contributed by atoms with E-state index < -0.39 is 17.9 Å². The van der Waals surface area contributed by atoms with Gasteiger partial charge in [-0.15, -0.1) is 0 Å². The van der Waals surface area contributed by atoms with Gasteiger partial charge in [0.05, 0.1) is 13.7 Å². The maximum Gasteiger partial charge on any atom is 0.373 e. The quantitative estimate of drug-likeness (QED) is 0.386. The maximum absolute atomic E-state index is 12.8. The highest BCUT2D eigenvalue weighted by Crippen LogP contribution is 2.24. The topological polar surface area (TPSA) is 107 Å². The number of aryl methyl sites for hydroxylation is 1. The number of ether oxygens (including phenoxy) is 1. The average Bonchev–Trinajstić information content (AvgIpc) is 3.42. The minimum Gasteiger partial charge on any atom is -0.463 e. The Kier molecular flexibility index (Phi) is 5.16. The van der Waals surface area contributed by atoms with Gasteiger partial charge in [-0.25, -0.2) is 9.59 Å². The smallest absolute Gasteiger partial charge is 0.373 e. The number of hydrogen-bond donors (Lipinski definition) is 1. The minimum absolute atomic E-state index is 0.00358. The van der Waals surface area contributed by atoms with E-state index >= 15 is 0 Å². The second-order valence-electron chi connectivity index (χ2n) is 7.00. The molecule has 0 aliphatic carbocycles. The number of methoxy groups -OCH3 is 1. The molecule has 3 amide bonds. The van der Waals surface area contributed by atoms with E-state index in [4.69, 9.17) is 4.42 Å². The molecule has 1 fully saturated rings. The van der Waals surface area contributed by atoms with Gasteiger partial charge < -0.3 is 19.0 Å². The van der Waals surface area contributed by atoms with Crippen molar-refractivity contribution in [2.45, 2.75) is 20.4 Å². The highest BCUT2D eigenvalue weighted by Gasteiger charge is 2.34. The van der Waals surface area contributed by atoms with Crippen molar-refractivity contribution in [3.63, 3.8) is 0 Å². The molecule has 1 aliphatic heterocycles. The van der Waals surface area contributed by atoms with Crippen LogP contribution in [0, 0.1) is 13.8 Å². The number of nitrogens with zero attached hydrogens (tertiary/aromatic N) is 3. The summed E-state index contributed by atoms with van der Waals surface area (Å²) in [5.74, 6) is -0.812. The van der Waals surface area contributed by atoms with Gasteiger partial charge in [-0.3, -0.25) is 14.7 Å². The molecule has 31 heavy (non-hydrogen) atoms. The summed E-state index contributed by atoms with van der Waals surface area (Å²) >= 11 is 0. The van der Waals surface area contributed by atoms with Crippen LogP contribution in [0.3, 0.4) is 0 Å². The van der Waals surface area contributed by atoms with Crippen LogP contribution in [-0.2, 0) is 16.1 Å². The molecule has 0 spiro atoms. The lowest BCUT2D eigenvalue weighted by Crippen LogP contribution is -2.30. The molecule has 4 heterocycles. The largest absolute Gasteiger partial charge is 0.463 e. The minimum atomic E-state index is -0.631. The van der Waals surface area contributed by atoms with E-state index in [0.717, 1.165) is 27.5 Å². The number of pyridine rings is 1. The maximum atomic E-state index is 12.8. The summed E-state index contributed by atoms with van der Waals surface area (Å²) in [6.07, 6.45) is 5.08. The van der Waals surface area contributed by atoms with E-state index in [1.807, 2.05) is 36.6 Å². The van der Waals surface area contributed by atoms with Gasteiger partial charge in [0.25, 0.3) is 5.91 Å². The Hall–Kier alpha value is -4.14. The molecule has 4 rings (SSSR count). The van der Waals surface area contributed by atoms with Crippen LogP contribution >= 0.6 is 0 Å². The first-order chi connectivity index (χ1) is 14.9. The van der Waals surface area contributed by atoms with Crippen LogP contribution in [0.15, 0.2) is 52.8 Å². The first-order valence-electron chi connectivity index (χ1n) is 9.50. The van der Waals surface area contributed by atoms with Gasteiger partial charge in [0.2, 0.25) is 5.76 Å². The Morgan fingerprint density at radius 2 is 1.94 bits per heavy atom. The molecule has 1 aliphatic rings. The Bertz CT molecular complexity index is 1210. The van der Waals surface area contributed by atoms with Crippen LogP contribution in [0.5, 0.6) is 0 Å². The average molecular weight is 420 g/mol. The predicted molar refractivity (Wildman–Crippen MR) is 110 cm³/mol. The number of furan rings is 1. The fourth-order valence-corrected chi connectivity index (χ4v) is 3.52. The number of amides is 3. The first kappa shape index (κ1) is 20.1. The lowest BCUT2D eigenvalue weighted by Gasteiger charge is -2.09. The zero-order chi connectivity index (χ0) is 22.1. The van der Waals surface area contributed by atoms with Crippen LogP contribution < -0.4 is 5.32 Å². The first-order valence-corrected chi connectivity index (χ1v) is 9.50. The summed E-state index contributed by atoms with van der Waals surface area (Å²) < 4.78 is 12.0. The highest BCUT2D eigenvalue weighted by atomic mass is 16.5. The molecule has 1 saturated heterocycles. The van der Waals surface area contributed by atoms with Crippen LogP contribution in [0.2, 0.25) is 0 Å². The van der Waals surface area contributed by atoms with E-state index in [2.05, 4.69) is 15.0 Å². The number of imide groups is 1. The van der Waals surface area contributed by atoms with Crippen LogP contribution in [-0.4, -0.2) is 39.5 Å². The molecule has 3 aromatic heterocycles. The molecular weight excluding hydrogens is 400 g/mol. The number of urea groups is 1. The Morgan fingerprint density at radius 3 is 2.65 bits per heavy atom. The molecule has 0 aromatic carbocycles. The second kappa shape index (κ2) is 7.94. The fraction of sp³-hybridized carbons (Fsp3) is 0.182. The van der Waals surface area contributed by atoms with Crippen molar-refractivity contribution < 1.29 is 23.5 Å². The number of esters is 1. The molecular formula is C22H20N4O5. The molecule has 158 valence electrons. The van der Waals surface area contributed by atoms with E-state index in [1.165, 1.54) is 19.2 Å². The lowest BCUT2D eigenvalue weighted by molar-refractivity contribution is -0.123. The summed E-state index contributed by atoms with van der Waals surface area (Å²) in [4.78, 5) is 41.8. The zero-order valence-corrected chi connectivity index (χ0v) is 17.2. The third-order valence-electron chi connectivity index (χ3n) is 5.02. The van der Waals surface area contributed by atoms with E-state index in [9.17, 15) is 14.4 Å². The third kappa shape index (κ3) is 3.73. The van der Waals surface area contributed by atoms with Gasteiger partial charge in [-0.1, -0.05) is 0 Å². The summed E-state index contributed by atoms with van der Waals surface area (Å²) in [5, 5.41) is 2.60. The summed E-state index contributed by atoms with van der Waals surface area (Å²) in [6.45, 7) is 3.80. The number of nitrogens with one attached hydrogen (secondary N) is 1. The number of aromatic nitrogens is 2. The summed E-state index contributed by atoms with van der Waals surface area (Å²) in [5.41, 5.74) is 3.84. The number of rotatable bonds is 5. The lowest BCUT2D eigenvalue weighted by atomic mass is 10.2. The van der Waals surface area contributed by atoms with Gasteiger partial charge in [0, 0.05) is 29.5 Å². The number of carbonyl (C=O) groups excluding carboxylic acids is 3. The van der Waals surface area contributed by atoms with Gasteiger partial charge in [0.15, 0.2) is 0 Å². The van der Waals surface area contributed by atoms with Gasteiger partial charge in [-0.2, -0.15) is 0 Å². The van der Waals surface area contributed by atoms with E-state index in [0.29, 0.717) is 5.76 Å². The van der Waals surface area contributed by atoms with Crippen molar-refractivity contribution >= 4 is 24.0 Å². The summed E-state index contributed by atoms with van der Waals surface area (Å²) in [7, 11) is 1.24. The van der Waals surface area contributed by atoms with Crippen molar-refractivity contribution in [1.29, 1.82) is 0 Å². The highest BCUT2D eigenvalue weighted by molar-refractivity contribution is 6.13. The monoisotopic (exact) mass is 420 g/mol. The Morgan fingerprint density at radius 1 is 1.19 bits per heavy atom. The van der Waals surface area contributed by atoms with Crippen LogP contribution in [0.4, 0.5) is 4.79 Å². The van der Waals surface area contributed by atoms with Gasteiger partial charge in [-0.05, 0) is 55.8 Å². The summed E-state index contributed by atoms with van der Waals surface area (Å²) in [6, 6.07) is 8.14. The van der Waals surface area contributed by atoms with Crippen molar-refractivity contribution in [1.82, 2.24) is 19.8 Å². The van der Waals surface area contributed by atoms with Crippen LogP contribution in [0.25, 0.3) is 11.8 Å². The second-order valence-corrected chi connectivity index (χ2v) is 7.00. The fourth-order valence-electron chi connectivity index (χ4n) is 3.52. The SMILES string of the molecule is COC(=O)c1ccc(CN2C(=O)N/C(=C\c3cc(C)n(-c4ccncc4)c3C)C2=O)o1. The molecule has 9 nitrogen and oxygen atoms in total. The zero-order valence-electron chi connectivity index (χ0n) is 17.2. The molecule has 1 N–H and O–H groups in total. The van der Waals surface area contributed by atoms with Crippen molar-refractivity contribution in [2.75, 3.05) is 7.11 Å². The molecule has 0 atom stereocenters. The molecule has 0 radical (unpaired) electrons. The standard InChI is InChI=1S/C22H20N4O5/c1-13-10-15(14(2)26(13)16-6-8-23-9-7-16)11-18-20(27)25(22(29)24-18)12-17-4-5-19(31-17)21(28)30-3/h4-11H,12H2,1-3H3,(H,24,29)/b18-11-. The molecule has 0 unspecified atom stereocenters. The third-order valence-corrected chi connectivity index (χ3v) is 5.02. The molecule has 9 heteroatoms. The van der Waals surface area contributed by atoms with Crippen molar-refractivity contribution in [3.05, 3.63) is 76.9 Å². The van der Waals surface area contributed by atoms with E-state index in [1.54, 1.807) is 18.5 Å². The van der Waals surface area contributed by atoms with Gasteiger partial charge >= 0.3 is 12.0 Å². The van der Waals surface area contributed by atoms with Gasteiger partial charge in [0.1, 0.15) is 11.5 Å².